The molecule has 0 atom stereocenters. The summed E-state index contributed by atoms with van der Waals surface area (Å²) in [4.78, 5) is 15.3. The molecule has 0 fully saturated rings. The maximum Gasteiger partial charge on any atom is 0.164 e. The number of fused-ring (bicyclic) bond motifs is 6. The molecular formula is C54H37N3O. The Labute approximate surface area is 337 Å². The van der Waals surface area contributed by atoms with Gasteiger partial charge >= 0.3 is 0 Å². The monoisotopic (exact) mass is 743 g/mol. The van der Waals surface area contributed by atoms with E-state index in [0.29, 0.717) is 17.5 Å². The van der Waals surface area contributed by atoms with Crippen molar-refractivity contribution >= 4 is 21.9 Å². The van der Waals surface area contributed by atoms with Gasteiger partial charge in [0.2, 0.25) is 0 Å². The van der Waals surface area contributed by atoms with Gasteiger partial charge in [0.1, 0.15) is 11.2 Å². The first-order chi connectivity index (χ1) is 28.5. The predicted octanol–water partition coefficient (Wildman–Crippen LogP) is 14.1. The van der Waals surface area contributed by atoms with Crippen LogP contribution in [0.4, 0.5) is 0 Å². The number of benzene rings is 8. The van der Waals surface area contributed by atoms with Crippen molar-refractivity contribution in [1.82, 2.24) is 15.0 Å². The van der Waals surface area contributed by atoms with Gasteiger partial charge in [0.25, 0.3) is 0 Å². The standard InChI is InChI=1S/C54H37N3O/c1-54(2)46-21-10-9-19-42(46)43-29-27-40(33-47(43)54)36-25-23-35(24-26-36)39-28-30-48-45(32-39)50-44(20-12-22-49(50)58-48)53-56-51(37-15-7-4-8-16-37)55-52(57-53)41-18-11-17-38(31-41)34-13-5-3-6-14-34/h3-33H,1-2H3. The van der Waals surface area contributed by atoms with Gasteiger partial charge in [-0.2, -0.15) is 0 Å². The van der Waals surface area contributed by atoms with Gasteiger partial charge in [-0.3, -0.25) is 0 Å². The molecule has 11 rings (SSSR count). The van der Waals surface area contributed by atoms with E-state index in [1.54, 1.807) is 0 Å². The van der Waals surface area contributed by atoms with Crippen molar-refractivity contribution in [2.24, 2.45) is 0 Å². The molecule has 0 radical (unpaired) electrons. The first kappa shape index (κ1) is 33.9. The van der Waals surface area contributed by atoms with Crippen molar-refractivity contribution in [3.8, 4) is 78.7 Å². The molecule has 0 saturated heterocycles. The number of aromatic nitrogens is 3. The topological polar surface area (TPSA) is 51.8 Å². The van der Waals surface area contributed by atoms with Crippen LogP contribution in [-0.4, -0.2) is 15.0 Å². The van der Waals surface area contributed by atoms with E-state index in [2.05, 4.69) is 153 Å². The van der Waals surface area contributed by atoms with Crippen LogP contribution in [0.25, 0.3) is 101 Å². The van der Waals surface area contributed by atoms with Crippen molar-refractivity contribution in [3.05, 3.63) is 199 Å². The second-order valence-electron chi connectivity index (χ2n) is 15.6. The van der Waals surface area contributed by atoms with Gasteiger partial charge < -0.3 is 4.42 Å². The third kappa shape index (κ3) is 5.64. The highest BCUT2D eigenvalue weighted by molar-refractivity contribution is 6.12. The van der Waals surface area contributed by atoms with E-state index in [9.17, 15) is 0 Å². The predicted molar refractivity (Wildman–Crippen MR) is 237 cm³/mol. The molecule has 0 bridgehead atoms. The lowest BCUT2D eigenvalue weighted by atomic mass is 9.81. The summed E-state index contributed by atoms with van der Waals surface area (Å²) < 4.78 is 6.48. The summed E-state index contributed by atoms with van der Waals surface area (Å²) in [6, 6.07) is 66.1. The van der Waals surface area contributed by atoms with Gasteiger partial charge in [0.05, 0.1) is 0 Å². The normalized spacial score (nSPS) is 12.8. The molecule has 8 aromatic carbocycles. The van der Waals surface area contributed by atoms with Crippen LogP contribution in [0.3, 0.4) is 0 Å². The molecule has 0 spiro atoms. The summed E-state index contributed by atoms with van der Waals surface area (Å²) in [5.74, 6) is 1.83. The molecule has 0 aliphatic heterocycles. The molecule has 274 valence electrons. The van der Waals surface area contributed by atoms with E-state index in [4.69, 9.17) is 19.4 Å². The summed E-state index contributed by atoms with van der Waals surface area (Å²) in [6.07, 6.45) is 0. The molecule has 2 aromatic heterocycles. The number of hydrogen-bond acceptors (Lipinski definition) is 4. The van der Waals surface area contributed by atoms with Gasteiger partial charge in [0, 0.05) is 32.9 Å². The van der Waals surface area contributed by atoms with E-state index < -0.39 is 0 Å². The van der Waals surface area contributed by atoms with E-state index in [-0.39, 0.29) is 5.41 Å². The Morgan fingerprint density at radius 3 is 1.64 bits per heavy atom. The Bertz CT molecular complexity index is 3180. The molecule has 10 aromatic rings. The van der Waals surface area contributed by atoms with Crippen LogP contribution in [0.15, 0.2) is 192 Å². The summed E-state index contributed by atoms with van der Waals surface area (Å²) in [5.41, 5.74) is 16.7. The molecule has 4 heteroatoms. The average molecular weight is 744 g/mol. The van der Waals surface area contributed by atoms with Gasteiger partial charge in [-0.05, 0) is 86.0 Å². The van der Waals surface area contributed by atoms with Crippen molar-refractivity contribution < 1.29 is 4.42 Å². The second kappa shape index (κ2) is 13.4. The number of hydrogen-bond donors (Lipinski definition) is 0. The zero-order valence-electron chi connectivity index (χ0n) is 32.1. The molecule has 0 unspecified atom stereocenters. The molecule has 2 heterocycles. The quantitative estimate of drug-likeness (QED) is 0.170. The molecule has 0 saturated carbocycles. The highest BCUT2D eigenvalue weighted by Crippen LogP contribution is 2.49. The van der Waals surface area contributed by atoms with E-state index >= 15 is 0 Å². The van der Waals surface area contributed by atoms with E-state index in [1.165, 1.54) is 33.4 Å². The van der Waals surface area contributed by atoms with E-state index in [1.807, 2.05) is 48.5 Å². The minimum atomic E-state index is -0.0388. The molecule has 0 N–H and O–H groups in total. The van der Waals surface area contributed by atoms with Crippen LogP contribution in [-0.2, 0) is 5.41 Å². The highest BCUT2D eigenvalue weighted by Gasteiger charge is 2.35. The Hall–Kier alpha value is -7.43. The first-order valence-electron chi connectivity index (χ1n) is 19.8. The average Bonchev–Trinajstić information content (AvgIpc) is 3.78. The van der Waals surface area contributed by atoms with Crippen LogP contribution in [0.1, 0.15) is 25.0 Å². The lowest BCUT2D eigenvalue weighted by Crippen LogP contribution is -2.14. The fourth-order valence-electron chi connectivity index (χ4n) is 8.74. The Morgan fingerprint density at radius 2 is 0.862 bits per heavy atom. The van der Waals surface area contributed by atoms with Gasteiger partial charge in [-0.15, -0.1) is 0 Å². The van der Waals surface area contributed by atoms with Crippen LogP contribution in [0, 0.1) is 0 Å². The SMILES string of the molecule is CC1(C)c2ccccc2-c2ccc(-c3ccc(-c4ccc5oc6cccc(-c7nc(-c8ccccc8)nc(-c8cccc(-c9ccccc9)c8)n7)c6c5c4)cc3)cc21. The fourth-order valence-corrected chi connectivity index (χ4v) is 8.74. The highest BCUT2D eigenvalue weighted by atomic mass is 16.3. The molecule has 1 aliphatic carbocycles. The van der Waals surface area contributed by atoms with Gasteiger partial charge in [0.15, 0.2) is 17.5 Å². The maximum atomic E-state index is 6.48. The lowest BCUT2D eigenvalue weighted by Gasteiger charge is -2.22. The van der Waals surface area contributed by atoms with E-state index in [0.717, 1.165) is 60.9 Å². The Balaban J connectivity index is 0.994. The number of rotatable bonds is 6. The minimum absolute atomic E-state index is 0.0388. The van der Waals surface area contributed by atoms with Crippen molar-refractivity contribution in [2.45, 2.75) is 19.3 Å². The number of nitrogens with zero attached hydrogens (tertiary/aromatic N) is 3. The van der Waals surface area contributed by atoms with Crippen LogP contribution < -0.4 is 0 Å². The third-order valence-electron chi connectivity index (χ3n) is 11.8. The van der Waals surface area contributed by atoms with Gasteiger partial charge in [-0.25, -0.2) is 15.0 Å². The largest absolute Gasteiger partial charge is 0.456 e. The van der Waals surface area contributed by atoms with Crippen molar-refractivity contribution in [3.63, 3.8) is 0 Å². The summed E-state index contributed by atoms with van der Waals surface area (Å²) in [6.45, 7) is 4.66. The fraction of sp³-hybridized carbons (Fsp3) is 0.0556. The molecule has 0 amide bonds. The maximum absolute atomic E-state index is 6.48. The number of furan rings is 1. The summed E-state index contributed by atoms with van der Waals surface area (Å²) in [5, 5.41) is 1.99. The minimum Gasteiger partial charge on any atom is -0.456 e. The Kier molecular flexibility index (Phi) is 7.80. The van der Waals surface area contributed by atoms with Crippen molar-refractivity contribution in [2.75, 3.05) is 0 Å². The third-order valence-corrected chi connectivity index (χ3v) is 11.8. The van der Waals surface area contributed by atoms with Crippen LogP contribution >= 0.6 is 0 Å². The van der Waals surface area contributed by atoms with Gasteiger partial charge in [-0.1, -0.05) is 172 Å². The molecule has 1 aliphatic rings. The zero-order valence-corrected chi connectivity index (χ0v) is 32.1. The van der Waals surface area contributed by atoms with Crippen LogP contribution in [0.2, 0.25) is 0 Å². The zero-order chi connectivity index (χ0) is 38.8. The second-order valence-corrected chi connectivity index (χ2v) is 15.6. The molecule has 4 nitrogen and oxygen atoms in total. The summed E-state index contributed by atoms with van der Waals surface area (Å²) in [7, 11) is 0. The summed E-state index contributed by atoms with van der Waals surface area (Å²) >= 11 is 0. The van der Waals surface area contributed by atoms with Crippen molar-refractivity contribution in [1.29, 1.82) is 0 Å². The molecular weight excluding hydrogens is 707 g/mol. The van der Waals surface area contributed by atoms with Crippen LogP contribution in [0.5, 0.6) is 0 Å². The lowest BCUT2D eigenvalue weighted by molar-refractivity contribution is 0.660. The first-order valence-corrected chi connectivity index (χ1v) is 19.8. The Morgan fingerprint density at radius 1 is 0.345 bits per heavy atom. The smallest absolute Gasteiger partial charge is 0.164 e. The molecule has 58 heavy (non-hydrogen) atoms.